The van der Waals surface area contributed by atoms with Crippen LogP contribution in [0.3, 0.4) is 0 Å². The van der Waals surface area contributed by atoms with Crippen molar-refractivity contribution in [2.75, 3.05) is 31.1 Å². The number of hydrogen-bond donors (Lipinski definition) is 1. The van der Waals surface area contributed by atoms with E-state index in [0.29, 0.717) is 0 Å². The number of rotatable bonds is 4. The molecule has 1 N–H and O–H groups in total. The average molecular weight is 399 g/mol. The molecule has 0 bridgehead atoms. The second kappa shape index (κ2) is 8.24. The quantitative estimate of drug-likeness (QED) is 0.562. The van der Waals surface area contributed by atoms with Gasteiger partial charge in [0.15, 0.2) is 0 Å². The largest absolute Gasteiger partial charge is 0.355 e. The maximum atomic E-state index is 4.59. The molecular formula is C24H26N6. The molecule has 0 spiro atoms. The molecule has 0 amide bonds. The molecule has 1 aliphatic rings. The normalized spacial score (nSPS) is 15.4. The topological polar surface area (TPSA) is 60.9 Å². The lowest BCUT2D eigenvalue weighted by Crippen LogP contribution is -2.31. The van der Waals surface area contributed by atoms with Crippen LogP contribution >= 0.6 is 0 Å². The Morgan fingerprint density at radius 1 is 0.900 bits per heavy atom. The van der Waals surface area contributed by atoms with Crippen molar-refractivity contribution in [3.63, 3.8) is 0 Å². The molecule has 2 aromatic heterocycles. The van der Waals surface area contributed by atoms with Crippen LogP contribution < -0.4 is 4.90 Å². The zero-order valence-corrected chi connectivity index (χ0v) is 17.3. The zero-order chi connectivity index (χ0) is 20.3. The van der Waals surface area contributed by atoms with Crippen molar-refractivity contribution in [3.05, 3.63) is 72.6 Å². The van der Waals surface area contributed by atoms with Gasteiger partial charge in [0.2, 0.25) is 0 Å². The summed E-state index contributed by atoms with van der Waals surface area (Å²) < 4.78 is 0. The van der Waals surface area contributed by atoms with Gasteiger partial charge in [-0.15, -0.1) is 0 Å². The Kier molecular flexibility index (Phi) is 5.15. The summed E-state index contributed by atoms with van der Waals surface area (Å²) in [5.41, 5.74) is 3.28. The van der Waals surface area contributed by atoms with Crippen molar-refractivity contribution >= 4 is 16.6 Å². The number of aromatic nitrogens is 4. The number of nitrogens with one attached hydrogen (secondary N) is 1. The Hall–Kier alpha value is -3.25. The van der Waals surface area contributed by atoms with E-state index in [9.17, 15) is 0 Å². The standard InChI is InChI=1S/C24H26N6/c1-18-25-15-22(28-18)16-29-9-4-10-30(12-11-29)24-14-23(26-17-27-24)21-8-7-19-5-2-3-6-20(19)13-21/h2-3,5-8,13-15,17H,4,9-12,16H2,1H3,(H,25,28). The first-order chi connectivity index (χ1) is 14.7. The summed E-state index contributed by atoms with van der Waals surface area (Å²) in [5.74, 6) is 1.98. The van der Waals surface area contributed by atoms with Crippen molar-refractivity contribution in [2.24, 2.45) is 0 Å². The van der Waals surface area contributed by atoms with E-state index in [1.165, 1.54) is 16.5 Å². The molecule has 1 saturated heterocycles. The van der Waals surface area contributed by atoms with E-state index in [2.05, 4.69) is 78.3 Å². The smallest absolute Gasteiger partial charge is 0.132 e. The third-order valence-electron chi connectivity index (χ3n) is 5.76. The second-order valence-corrected chi connectivity index (χ2v) is 7.93. The van der Waals surface area contributed by atoms with Gasteiger partial charge < -0.3 is 9.88 Å². The molecule has 6 heteroatoms. The number of aryl methyl sites for hydroxylation is 1. The van der Waals surface area contributed by atoms with Crippen LogP contribution in [0, 0.1) is 6.92 Å². The summed E-state index contributed by atoms with van der Waals surface area (Å²) in [6.45, 7) is 6.97. The van der Waals surface area contributed by atoms with E-state index in [1.54, 1.807) is 6.33 Å². The Morgan fingerprint density at radius 3 is 2.67 bits per heavy atom. The highest BCUT2D eigenvalue weighted by Crippen LogP contribution is 2.25. The van der Waals surface area contributed by atoms with Gasteiger partial charge in [-0.05, 0) is 30.2 Å². The van der Waals surface area contributed by atoms with Crippen LogP contribution in [0.2, 0.25) is 0 Å². The van der Waals surface area contributed by atoms with Crippen molar-refractivity contribution in [3.8, 4) is 11.3 Å². The summed E-state index contributed by atoms with van der Waals surface area (Å²) in [6.07, 6.45) is 4.75. The number of H-pyrrole nitrogens is 1. The van der Waals surface area contributed by atoms with Gasteiger partial charge in [0.1, 0.15) is 18.0 Å². The molecule has 0 saturated carbocycles. The van der Waals surface area contributed by atoms with Crippen molar-refractivity contribution in [1.29, 1.82) is 0 Å². The highest BCUT2D eigenvalue weighted by atomic mass is 15.3. The second-order valence-electron chi connectivity index (χ2n) is 7.93. The molecule has 6 nitrogen and oxygen atoms in total. The maximum absolute atomic E-state index is 4.59. The number of aromatic amines is 1. The lowest BCUT2D eigenvalue weighted by atomic mass is 10.0. The summed E-state index contributed by atoms with van der Waals surface area (Å²) in [4.78, 5) is 21.7. The van der Waals surface area contributed by atoms with Gasteiger partial charge >= 0.3 is 0 Å². The lowest BCUT2D eigenvalue weighted by molar-refractivity contribution is 0.282. The monoisotopic (exact) mass is 398 g/mol. The van der Waals surface area contributed by atoms with Crippen molar-refractivity contribution < 1.29 is 0 Å². The molecule has 0 unspecified atom stereocenters. The number of hydrogen-bond acceptors (Lipinski definition) is 5. The predicted molar refractivity (Wildman–Crippen MR) is 120 cm³/mol. The fourth-order valence-corrected chi connectivity index (χ4v) is 4.18. The van der Waals surface area contributed by atoms with Gasteiger partial charge in [-0.3, -0.25) is 4.90 Å². The minimum absolute atomic E-state index is 0.917. The zero-order valence-electron chi connectivity index (χ0n) is 17.3. The Morgan fingerprint density at radius 2 is 1.80 bits per heavy atom. The summed E-state index contributed by atoms with van der Waals surface area (Å²) in [7, 11) is 0. The van der Waals surface area contributed by atoms with E-state index in [1.807, 2.05) is 13.1 Å². The fraction of sp³-hybridized carbons (Fsp3) is 0.292. The van der Waals surface area contributed by atoms with Crippen molar-refractivity contribution in [2.45, 2.75) is 19.9 Å². The molecule has 30 heavy (non-hydrogen) atoms. The van der Waals surface area contributed by atoms with Gasteiger partial charge in [-0.2, -0.15) is 0 Å². The molecular weight excluding hydrogens is 372 g/mol. The number of imidazole rings is 1. The number of fused-ring (bicyclic) bond motifs is 1. The summed E-state index contributed by atoms with van der Waals surface area (Å²) in [6, 6.07) is 17.1. The van der Waals surface area contributed by atoms with Gasteiger partial charge in [-0.25, -0.2) is 15.0 Å². The minimum atomic E-state index is 0.917. The molecule has 5 rings (SSSR count). The van der Waals surface area contributed by atoms with E-state index < -0.39 is 0 Å². The summed E-state index contributed by atoms with van der Waals surface area (Å²) >= 11 is 0. The first-order valence-electron chi connectivity index (χ1n) is 10.5. The highest BCUT2D eigenvalue weighted by Gasteiger charge is 2.17. The van der Waals surface area contributed by atoms with Crippen LogP contribution in [0.25, 0.3) is 22.0 Å². The van der Waals surface area contributed by atoms with Gasteiger partial charge in [0.25, 0.3) is 0 Å². The molecule has 2 aromatic carbocycles. The van der Waals surface area contributed by atoms with E-state index in [0.717, 1.165) is 62.0 Å². The van der Waals surface area contributed by atoms with Gasteiger partial charge in [-0.1, -0.05) is 36.4 Å². The Labute approximate surface area is 176 Å². The SMILES string of the molecule is Cc1ncc(CN2CCCN(c3cc(-c4ccc5ccccc5c4)ncn3)CC2)[nH]1. The lowest BCUT2D eigenvalue weighted by Gasteiger charge is -2.22. The summed E-state index contributed by atoms with van der Waals surface area (Å²) in [5, 5.41) is 2.48. The van der Waals surface area contributed by atoms with Gasteiger partial charge in [0.05, 0.1) is 5.69 Å². The first kappa shape index (κ1) is 18.8. The molecule has 152 valence electrons. The first-order valence-corrected chi connectivity index (χ1v) is 10.5. The van der Waals surface area contributed by atoms with Crippen LogP contribution in [0.1, 0.15) is 17.9 Å². The van der Waals surface area contributed by atoms with E-state index in [-0.39, 0.29) is 0 Å². The average Bonchev–Trinajstić information content (AvgIpc) is 3.05. The van der Waals surface area contributed by atoms with Crippen LogP contribution in [0.15, 0.2) is 61.1 Å². The number of benzene rings is 2. The van der Waals surface area contributed by atoms with Crippen LogP contribution in [0.5, 0.6) is 0 Å². The molecule has 1 fully saturated rings. The van der Waals surface area contributed by atoms with Crippen LogP contribution in [0.4, 0.5) is 5.82 Å². The Balaban J connectivity index is 1.32. The number of nitrogens with zero attached hydrogens (tertiary/aromatic N) is 5. The highest BCUT2D eigenvalue weighted by molar-refractivity contribution is 5.86. The minimum Gasteiger partial charge on any atom is -0.355 e. The number of anilines is 1. The van der Waals surface area contributed by atoms with Crippen LogP contribution in [-0.4, -0.2) is 51.0 Å². The molecule has 0 aliphatic carbocycles. The molecule has 0 atom stereocenters. The fourth-order valence-electron chi connectivity index (χ4n) is 4.18. The predicted octanol–water partition coefficient (Wildman–Crippen LogP) is 4.04. The van der Waals surface area contributed by atoms with E-state index in [4.69, 9.17) is 0 Å². The Bertz CT molecular complexity index is 1150. The maximum Gasteiger partial charge on any atom is 0.132 e. The van der Waals surface area contributed by atoms with E-state index >= 15 is 0 Å². The third kappa shape index (κ3) is 4.04. The van der Waals surface area contributed by atoms with Crippen molar-refractivity contribution in [1.82, 2.24) is 24.8 Å². The molecule has 4 aromatic rings. The molecule has 3 heterocycles. The third-order valence-corrected chi connectivity index (χ3v) is 5.76. The van der Waals surface area contributed by atoms with Gasteiger partial charge in [0, 0.05) is 56.2 Å². The van der Waals surface area contributed by atoms with Crippen LogP contribution in [-0.2, 0) is 6.54 Å². The molecule has 0 radical (unpaired) electrons. The molecule has 1 aliphatic heterocycles.